The Bertz CT molecular complexity index is 617. The van der Waals surface area contributed by atoms with Crippen LogP contribution in [-0.4, -0.2) is 21.2 Å². The van der Waals surface area contributed by atoms with Crippen molar-refractivity contribution in [2.24, 2.45) is 0 Å². The summed E-state index contributed by atoms with van der Waals surface area (Å²) in [5, 5.41) is 13.8. The molecule has 0 aromatic carbocycles. The van der Waals surface area contributed by atoms with Gasteiger partial charge in [-0.15, -0.1) is 0 Å². The van der Waals surface area contributed by atoms with Crippen LogP contribution >= 0.6 is 0 Å². The van der Waals surface area contributed by atoms with E-state index in [1.807, 2.05) is 13.8 Å². The van der Waals surface area contributed by atoms with E-state index in [2.05, 4.69) is 17.1 Å². The first-order chi connectivity index (χ1) is 9.04. The zero-order chi connectivity index (χ0) is 14.0. The van der Waals surface area contributed by atoms with Crippen LogP contribution in [0.2, 0.25) is 0 Å². The van der Waals surface area contributed by atoms with E-state index in [1.54, 1.807) is 0 Å². The van der Waals surface area contributed by atoms with Gasteiger partial charge in [-0.25, -0.2) is 4.98 Å². The first kappa shape index (κ1) is 13.5. The molecule has 102 valence electrons. The molecule has 2 aromatic rings. The molecule has 5 heteroatoms. The summed E-state index contributed by atoms with van der Waals surface area (Å²) in [4.78, 5) is 15.1. The molecule has 2 aromatic heterocycles. The normalized spacial score (nSPS) is 11.1. The molecule has 0 saturated carbocycles. The summed E-state index contributed by atoms with van der Waals surface area (Å²) in [7, 11) is 0. The van der Waals surface area contributed by atoms with Crippen LogP contribution in [0, 0.1) is 13.8 Å². The van der Waals surface area contributed by atoms with Gasteiger partial charge in [-0.2, -0.15) is 0 Å². The minimum absolute atomic E-state index is 0.114. The number of hydrogen-bond donors (Lipinski definition) is 1. The third-order valence-corrected chi connectivity index (χ3v) is 3.35. The van der Waals surface area contributed by atoms with E-state index < -0.39 is 5.97 Å². The van der Waals surface area contributed by atoms with Crippen molar-refractivity contribution in [3.8, 4) is 0 Å². The highest BCUT2D eigenvalue weighted by Gasteiger charge is 2.17. The first-order valence-electron chi connectivity index (χ1n) is 6.50. The molecule has 0 fully saturated rings. The molecule has 0 bridgehead atoms. The summed E-state index contributed by atoms with van der Waals surface area (Å²) in [5.74, 6) is -0.794. The maximum absolute atomic E-state index is 10.7. The molecule has 0 unspecified atom stereocenters. The lowest BCUT2D eigenvalue weighted by Gasteiger charge is -2.08. The summed E-state index contributed by atoms with van der Waals surface area (Å²) in [6.07, 6.45) is 2.44. The molecule has 0 saturated heterocycles. The van der Waals surface area contributed by atoms with Gasteiger partial charge < -0.3 is 9.63 Å². The number of aryl methyl sites for hydroxylation is 3. The second kappa shape index (κ2) is 5.38. The van der Waals surface area contributed by atoms with E-state index in [0.29, 0.717) is 12.1 Å². The van der Waals surface area contributed by atoms with Crippen molar-refractivity contribution in [3.63, 3.8) is 0 Å². The number of aliphatic carboxylic acids is 1. The van der Waals surface area contributed by atoms with Crippen LogP contribution in [0.3, 0.4) is 0 Å². The van der Waals surface area contributed by atoms with Gasteiger partial charge in [0.15, 0.2) is 0 Å². The number of carboxylic acids is 1. The average molecular weight is 262 g/mol. The Hall–Kier alpha value is -1.91. The maximum Gasteiger partial charge on any atom is 0.303 e. The standard InChI is InChI=1S/C14H18N2O3/c1-4-5-11-13-8(2)10(6-7-12(17)18)9(3)15-14(13)19-16-11/h4-7H2,1-3H3,(H,17,18). The van der Waals surface area contributed by atoms with Gasteiger partial charge in [0, 0.05) is 12.1 Å². The molecular weight excluding hydrogens is 244 g/mol. The fourth-order valence-electron chi connectivity index (χ4n) is 2.42. The highest BCUT2D eigenvalue weighted by molar-refractivity contribution is 5.81. The van der Waals surface area contributed by atoms with Crippen LogP contribution in [0.5, 0.6) is 0 Å². The Balaban J connectivity index is 2.51. The third kappa shape index (κ3) is 2.59. The van der Waals surface area contributed by atoms with Crippen LogP contribution in [0.1, 0.15) is 42.3 Å². The van der Waals surface area contributed by atoms with Crippen molar-refractivity contribution < 1.29 is 14.4 Å². The zero-order valence-electron chi connectivity index (χ0n) is 11.5. The van der Waals surface area contributed by atoms with Gasteiger partial charge in [0.05, 0.1) is 11.1 Å². The predicted molar refractivity (Wildman–Crippen MR) is 71.2 cm³/mol. The van der Waals surface area contributed by atoms with Gasteiger partial charge in [-0.1, -0.05) is 18.5 Å². The highest BCUT2D eigenvalue weighted by atomic mass is 16.5. The van der Waals surface area contributed by atoms with E-state index in [4.69, 9.17) is 9.63 Å². The molecule has 2 rings (SSSR count). The molecular formula is C14H18N2O3. The third-order valence-electron chi connectivity index (χ3n) is 3.35. The summed E-state index contributed by atoms with van der Waals surface area (Å²) in [6, 6.07) is 0. The molecule has 19 heavy (non-hydrogen) atoms. The summed E-state index contributed by atoms with van der Waals surface area (Å²) < 4.78 is 5.27. The van der Waals surface area contributed by atoms with E-state index in [9.17, 15) is 4.79 Å². The minimum Gasteiger partial charge on any atom is -0.481 e. The second-order valence-electron chi connectivity index (χ2n) is 4.75. The quantitative estimate of drug-likeness (QED) is 0.896. The number of carbonyl (C=O) groups is 1. The molecule has 0 amide bonds. The van der Waals surface area contributed by atoms with Crippen molar-refractivity contribution in [1.82, 2.24) is 10.1 Å². The van der Waals surface area contributed by atoms with Crippen molar-refractivity contribution in [1.29, 1.82) is 0 Å². The summed E-state index contributed by atoms with van der Waals surface area (Å²) in [6.45, 7) is 5.96. The van der Waals surface area contributed by atoms with Gasteiger partial charge in [0.2, 0.25) is 0 Å². The molecule has 0 atom stereocenters. The molecule has 5 nitrogen and oxygen atoms in total. The topological polar surface area (TPSA) is 76.2 Å². The van der Waals surface area contributed by atoms with Crippen LogP contribution < -0.4 is 0 Å². The number of nitrogens with zero attached hydrogens (tertiary/aromatic N) is 2. The molecule has 2 heterocycles. The van der Waals surface area contributed by atoms with Crippen LogP contribution in [-0.2, 0) is 17.6 Å². The Morgan fingerprint density at radius 2 is 2.05 bits per heavy atom. The Morgan fingerprint density at radius 1 is 1.32 bits per heavy atom. The van der Waals surface area contributed by atoms with Crippen LogP contribution in [0.15, 0.2) is 4.52 Å². The van der Waals surface area contributed by atoms with Crippen molar-refractivity contribution in [3.05, 3.63) is 22.5 Å². The minimum atomic E-state index is -0.794. The lowest BCUT2D eigenvalue weighted by atomic mass is 9.98. The molecule has 0 aliphatic carbocycles. The van der Waals surface area contributed by atoms with E-state index >= 15 is 0 Å². The molecule has 0 radical (unpaired) electrons. The second-order valence-corrected chi connectivity index (χ2v) is 4.75. The summed E-state index contributed by atoms with van der Waals surface area (Å²) in [5.41, 5.74) is 4.34. The largest absolute Gasteiger partial charge is 0.481 e. The van der Waals surface area contributed by atoms with E-state index in [-0.39, 0.29) is 6.42 Å². The molecule has 0 aliphatic heterocycles. The van der Waals surface area contributed by atoms with Crippen LogP contribution in [0.25, 0.3) is 11.1 Å². The first-order valence-corrected chi connectivity index (χ1v) is 6.50. The van der Waals surface area contributed by atoms with Gasteiger partial charge in [0.25, 0.3) is 5.71 Å². The van der Waals surface area contributed by atoms with Crippen molar-refractivity contribution in [2.75, 3.05) is 0 Å². The lowest BCUT2D eigenvalue weighted by Crippen LogP contribution is -2.03. The fraction of sp³-hybridized carbons (Fsp3) is 0.500. The number of carboxylic acid groups (broad SMARTS) is 1. The zero-order valence-corrected chi connectivity index (χ0v) is 11.5. The lowest BCUT2D eigenvalue weighted by molar-refractivity contribution is -0.136. The van der Waals surface area contributed by atoms with Gasteiger partial charge in [0.1, 0.15) is 0 Å². The number of rotatable bonds is 5. The summed E-state index contributed by atoms with van der Waals surface area (Å²) >= 11 is 0. The smallest absolute Gasteiger partial charge is 0.303 e. The fourth-order valence-corrected chi connectivity index (χ4v) is 2.42. The van der Waals surface area contributed by atoms with Gasteiger partial charge >= 0.3 is 5.97 Å². The average Bonchev–Trinajstić information content (AvgIpc) is 2.72. The number of hydrogen-bond acceptors (Lipinski definition) is 4. The molecule has 0 spiro atoms. The van der Waals surface area contributed by atoms with Gasteiger partial charge in [-0.3, -0.25) is 4.79 Å². The van der Waals surface area contributed by atoms with Gasteiger partial charge in [-0.05, 0) is 37.8 Å². The van der Waals surface area contributed by atoms with E-state index in [0.717, 1.165) is 40.7 Å². The Morgan fingerprint density at radius 3 is 2.68 bits per heavy atom. The maximum atomic E-state index is 10.7. The predicted octanol–water partition coefficient (Wildman–Crippen LogP) is 2.81. The number of pyridine rings is 1. The van der Waals surface area contributed by atoms with Crippen molar-refractivity contribution in [2.45, 2.75) is 46.5 Å². The highest BCUT2D eigenvalue weighted by Crippen LogP contribution is 2.27. The van der Waals surface area contributed by atoms with Crippen LogP contribution in [0.4, 0.5) is 0 Å². The Labute approximate surface area is 111 Å². The molecule has 1 N–H and O–H groups in total. The Kier molecular flexibility index (Phi) is 3.83. The monoisotopic (exact) mass is 262 g/mol. The van der Waals surface area contributed by atoms with Crippen molar-refractivity contribution >= 4 is 17.1 Å². The molecule has 0 aliphatic rings. The van der Waals surface area contributed by atoms with E-state index in [1.165, 1.54) is 0 Å². The number of fused-ring (bicyclic) bond motifs is 1. The SMILES string of the molecule is CCCc1noc2nc(C)c(CCC(=O)O)c(C)c12. The number of aromatic nitrogens is 2.